The maximum atomic E-state index is 13.1. The lowest BCUT2D eigenvalue weighted by Gasteiger charge is -2.23. The summed E-state index contributed by atoms with van der Waals surface area (Å²) in [5, 5.41) is 2.91. The van der Waals surface area contributed by atoms with Crippen molar-refractivity contribution in [1.29, 1.82) is 0 Å². The second-order valence-electron chi connectivity index (χ2n) is 7.91. The van der Waals surface area contributed by atoms with E-state index in [1.807, 2.05) is 36.4 Å². The van der Waals surface area contributed by atoms with Crippen LogP contribution < -0.4 is 5.32 Å². The van der Waals surface area contributed by atoms with Crippen LogP contribution in [0.4, 0.5) is 10.5 Å². The average molecular weight is 448 g/mol. The number of anilines is 1. The van der Waals surface area contributed by atoms with Crippen LogP contribution in [-0.4, -0.2) is 55.1 Å². The Hall–Kier alpha value is -2.09. The lowest BCUT2D eigenvalue weighted by molar-refractivity contribution is 0.212. The van der Waals surface area contributed by atoms with Crippen molar-refractivity contribution in [3.63, 3.8) is 0 Å². The number of carbonyl (C=O) groups excluding carboxylic acids is 1. The lowest BCUT2D eigenvalue weighted by Crippen LogP contribution is -2.37. The quantitative estimate of drug-likeness (QED) is 0.774. The van der Waals surface area contributed by atoms with Gasteiger partial charge in [-0.2, -0.15) is 0 Å². The summed E-state index contributed by atoms with van der Waals surface area (Å²) in [6.07, 6.45) is 1.86. The fraction of sp³-hybridized carbons (Fsp3) is 0.409. The van der Waals surface area contributed by atoms with E-state index in [1.165, 1.54) is 0 Å². The molecule has 2 saturated heterocycles. The van der Waals surface area contributed by atoms with E-state index in [1.54, 1.807) is 27.4 Å². The Kier molecular flexibility index (Phi) is 6.32. The second-order valence-corrected chi connectivity index (χ2v) is 10.5. The molecule has 0 bridgehead atoms. The molecule has 0 unspecified atom stereocenters. The van der Waals surface area contributed by atoms with E-state index in [9.17, 15) is 13.2 Å². The number of carbonyl (C=O) groups is 1. The molecule has 0 spiro atoms. The summed E-state index contributed by atoms with van der Waals surface area (Å²) >= 11 is 6.13. The molecular weight excluding hydrogens is 422 g/mol. The topological polar surface area (TPSA) is 69.7 Å². The number of para-hydroxylation sites is 1. The number of hydrogen-bond donors (Lipinski definition) is 1. The molecule has 2 fully saturated rings. The third kappa shape index (κ3) is 4.48. The van der Waals surface area contributed by atoms with Crippen molar-refractivity contribution in [3.05, 3.63) is 65.2 Å². The van der Waals surface area contributed by atoms with Gasteiger partial charge in [-0.05, 0) is 42.9 Å². The summed E-state index contributed by atoms with van der Waals surface area (Å²) in [5.41, 5.74) is 1.70. The van der Waals surface area contributed by atoms with Crippen LogP contribution in [0.2, 0.25) is 5.02 Å². The number of halogens is 1. The highest BCUT2D eigenvalue weighted by Crippen LogP contribution is 2.34. The minimum Gasteiger partial charge on any atom is -0.324 e. The maximum absolute atomic E-state index is 13.1. The number of fused-ring (bicyclic) bond motifs is 1. The largest absolute Gasteiger partial charge is 0.324 e. The summed E-state index contributed by atoms with van der Waals surface area (Å²) in [6.45, 7) is 2.01. The molecule has 2 heterocycles. The molecular formula is C22H26ClN3O3S. The van der Waals surface area contributed by atoms with Gasteiger partial charge in [0, 0.05) is 26.2 Å². The predicted octanol–water partition coefficient (Wildman–Crippen LogP) is 3.84. The molecule has 0 saturated carbocycles. The lowest BCUT2D eigenvalue weighted by atomic mass is 10.0. The van der Waals surface area contributed by atoms with Gasteiger partial charge in [-0.25, -0.2) is 17.5 Å². The maximum Gasteiger partial charge on any atom is 0.321 e. The SMILES string of the molecule is O=C(Nc1ccccc1Cl)N1CC[C@@H]2CN(CCc3ccccc3)S(=O)(=O)[C@@H]2CC1. The van der Waals surface area contributed by atoms with Gasteiger partial charge >= 0.3 is 6.03 Å². The number of amides is 2. The zero-order valence-electron chi connectivity index (χ0n) is 16.7. The summed E-state index contributed by atoms with van der Waals surface area (Å²) in [6, 6.07) is 16.8. The van der Waals surface area contributed by atoms with Crippen molar-refractivity contribution in [3.8, 4) is 0 Å². The van der Waals surface area contributed by atoms with Crippen molar-refractivity contribution < 1.29 is 13.2 Å². The molecule has 1 N–H and O–H groups in total. The van der Waals surface area contributed by atoms with Crippen LogP contribution in [0.1, 0.15) is 18.4 Å². The first kappa shape index (κ1) is 21.2. The highest BCUT2D eigenvalue weighted by Gasteiger charge is 2.46. The van der Waals surface area contributed by atoms with Crippen LogP contribution in [-0.2, 0) is 16.4 Å². The fourth-order valence-corrected chi connectivity index (χ4v) is 6.80. The zero-order valence-corrected chi connectivity index (χ0v) is 18.3. The fourth-order valence-electron chi connectivity index (χ4n) is 4.37. The van der Waals surface area contributed by atoms with Gasteiger partial charge in [-0.15, -0.1) is 0 Å². The van der Waals surface area contributed by atoms with Crippen molar-refractivity contribution in [2.75, 3.05) is 31.5 Å². The minimum atomic E-state index is -3.34. The van der Waals surface area contributed by atoms with Crippen molar-refractivity contribution in [2.45, 2.75) is 24.5 Å². The van der Waals surface area contributed by atoms with E-state index in [0.29, 0.717) is 56.2 Å². The molecule has 0 aromatic heterocycles. The third-order valence-electron chi connectivity index (χ3n) is 6.06. The number of rotatable bonds is 4. The van der Waals surface area contributed by atoms with Crippen LogP contribution in [0.3, 0.4) is 0 Å². The molecule has 0 radical (unpaired) electrons. The first-order valence-corrected chi connectivity index (χ1v) is 12.2. The van der Waals surface area contributed by atoms with Crippen LogP contribution in [0.5, 0.6) is 0 Å². The monoisotopic (exact) mass is 447 g/mol. The number of urea groups is 1. The van der Waals surface area contributed by atoms with Gasteiger partial charge in [0.15, 0.2) is 0 Å². The Morgan fingerprint density at radius 3 is 2.50 bits per heavy atom. The molecule has 4 rings (SSSR count). The Bertz CT molecular complexity index is 1000. The van der Waals surface area contributed by atoms with Gasteiger partial charge in [0.1, 0.15) is 0 Å². The van der Waals surface area contributed by atoms with Gasteiger partial charge in [-0.1, -0.05) is 54.1 Å². The number of benzene rings is 2. The Labute approximate surface area is 182 Å². The molecule has 6 nitrogen and oxygen atoms in total. The smallest absolute Gasteiger partial charge is 0.321 e. The van der Waals surface area contributed by atoms with Crippen molar-refractivity contribution >= 4 is 33.3 Å². The molecule has 8 heteroatoms. The Morgan fingerprint density at radius 1 is 1.03 bits per heavy atom. The van der Waals surface area contributed by atoms with E-state index in [4.69, 9.17) is 11.6 Å². The van der Waals surface area contributed by atoms with Crippen LogP contribution in [0, 0.1) is 5.92 Å². The second kappa shape index (κ2) is 8.96. The van der Waals surface area contributed by atoms with Gasteiger partial charge in [0.2, 0.25) is 10.0 Å². The van der Waals surface area contributed by atoms with E-state index in [-0.39, 0.29) is 11.9 Å². The number of sulfonamides is 1. The van der Waals surface area contributed by atoms with E-state index >= 15 is 0 Å². The van der Waals surface area contributed by atoms with Gasteiger partial charge in [-0.3, -0.25) is 0 Å². The van der Waals surface area contributed by atoms with Crippen LogP contribution >= 0.6 is 11.6 Å². The van der Waals surface area contributed by atoms with E-state index in [0.717, 1.165) is 5.56 Å². The number of likely N-dealkylation sites (tertiary alicyclic amines) is 1. The molecule has 2 amide bonds. The molecule has 160 valence electrons. The van der Waals surface area contributed by atoms with Gasteiger partial charge in [0.05, 0.1) is 16.0 Å². The molecule has 2 aliphatic rings. The molecule has 2 aromatic rings. The first-order valence-electron chi connectivity index (χ1n) is 10.3. The highest BCUT2D eigenvalue weighted by atomic mass is 35.5. The minimum absolute atomic E-state index is 0.0592. The van der Waals surface area contributed by atoms with Crippen LogP contribution in [0.15, 0.2) is 54.6 Å². The van der Waals surface area contributed by atoms with Gasteiger partial charge in [0.25, 0.3) is 0 Å². The average Bonchev–Trinajstić information content (AvgIpc) is 2.87. The highest BCUT2D eigenvalue weighted by molar-refractivity contribution is 7.90. The first-order chi connectivity index (χ1) is 14.4. The zero-order chi connectivity index (χ0) is 21.1. The van der Waals surface area contributed by atoms with Crippen LogP contribution in [0.25, 0.3) is 0 Å². The number of nitrogens with one attached hydrogen (secondary N) is 1. The van der Waals surface area contributed by atoms with E-state index < -0.39 is 15.3 Å². The third-order valence-corrected chi connectivity index (χ3v) is 8.82. The number of nitrogens with zero attached hydrogens (tertiary/aromatic N) is 2. The molecule has 2 aliphatic heterocycles. The summed E-state index contributed by atoms with van der Waals surface area (Å²) < 4.78 is 27.9. The summed E-state index contributed by atoms with van der Waals surface area (Å²) in [5.74, 6) is 0.0592. The Balaban J connectivity index is 1.37. The standard InChI is InChI=1S/C22H26ClN3O3S/c23-19-8-4-5-9-20(19)24-22(27)25-13-11-18-16-26(30(28,29)21(18)12-14-25)15-10-17-6-2-1-3-7-17/h1-9,18,21H,10-16H2,(H,24,27)/t18-,21-/m1/s1. The molecule has 2 atom stereocenters. The van der Waals surface area contributed by atoms with Crippen molar-refractivity contribution in [1.82, 2.24) is 9.21 Å². The molecule has 0 aliphatic carbocycles. The molecule has 30 heavy (non-hydrogen) atoms. The normalized spacial score (nSPS) is 23.6. The Morgan fingerprint density at radius 2 is 1.73 bits per heavy atom. The number of hydrogen-bond acceptors (Lipinski definition) is 3. The summed E-state index contributed by atoms with van der Waals surface area (Å²) in [4.78, 5) is 14.4. The van der Waals surface area contributed by atoms with Crippen molar-refractivity contribution in [2.24, 2.45) is 5.92 Å². The predicted molar refractivity (Wildman–Crippen MR) is 119 cm³/mol. The summed E-state index contributed by atoms with van der Waals surface area (Å²) in [7, 11) is -3.34. The van der Waals surface area contributed by atoms with Gasteiger partial charge < -0.3 is 10.2 Å². The molecule has 2 aromatic carbocycles. The van der Waals surface area contributed by atoms with E-state index in [2.05, 4.69) is 5.32 Å².